The van der Waals surface area contributed by atoms with E-state index < -0.39 is 0 Å². The third-order valence-electron chi connectivity index (χ3n) is 5.49. The summed E-state index contributed by atoms with van der Waals surface area (Å²) >= 11 is 0. The highest BCUT2D eigenvalue weighted by molar-refractivity contribution is 5.92. The summed E-state index contributed by atoms with van der Waals surface area (Å²) in [5, 5.41) is 3.15. The lowest BCUT2D eigenvalue weighted by atomic mass is 10.0. The van der Waals surface area contributed by atoms with Crippen LogP contribution < -0.4 is 19.5 Å². The molecule has 1 aliphatic rings. The van der Waals surface area contributed by atoms with Crippen LogP contribution in [0.5, 0.6) is 17.2 Å². The van der Waals surface area contributed by atoms with Gasteiger partial charge in [-0.2, -0.15) is 0 Å². The van der Waals surface area contributed by atoms with Crippen LogP contribution >= 0.6 is 0 Å². The number of carbonyl (C=O) groups is 1. The van der Waals surface area contributed by atoms with E-state index in [0.29, 0.717) is 30.5 Å². The molecule has 0 aromatic heterocycles. The van der Waals surface area contributed by atoms with Gasteiger partial charge >= 0.3 is 0 Å². The van der Waals surface area contributed by atoms with Crippen molar-refractivity contribution in [1.29, 1.82) is 0 Å². The van der Waals surface area contributed by atoms with Crippen LogP contribution in [-0.4, -0.2) is 65.0 Å². The monoisotopic (exact) mass is 440 g/mol. The highest BCUT2D eigenvalue weighted by atomic mass is 16.5. The highest BCUT2D eigenvalue weighted by Crippen LogP contribution is 2.35. The molecule has 0 spiro atoms. The molecule has 1 N–H and O–H groups in total. The van der Waals surface area contributed by atoms with Crippen LogP contribution in [0, 0.1) is 6.92 Å². The SMILES string of the molecule is COc1cc(OC)c(OC)cc1/C=C/C(=O)NC(CN1CCOCC1)c1ccc(C)cc1. The zero-order valence-electron chi connectivity index (χ0n) is 19.2. The third kappa shape index (κ3) is 6.24. The molecule has 172 valence electrons. The zero-order chi connectivity index (χ0) is 22.9. The average molecular weight is 441 g/mol. The summed E-state index contributed by atoms with van der Waals surface area (Å²) in [5.41, 5.74) is 2.98. The van der Waals surface area contributed by atoms with Crippen molar-refractivity contribution in [2.45, 2.75) is 13.0 Å². The quantitative estimate of drug-likeness (QED) is 0.604. The van der Waals surface area contributed by atoms with E-state index in [1.807, 2.05) is 0 Å². The van der Waals surface area contributed by atoms with E-state index in [1.54, 1.807) is 39.5 Å². The number of hydrogen-bond acceptors (Lipinski definition) is 6. The summed E-state index contributed by atoms with van der Waals surface area (Å²) in [6.45, 7) is 5.93. The van der Waals surface area contributed by atoms with Gasteiger partial charge in [0.15, 0.2) is 11.5 Å². The summed E-state index contributed by atoms with van der Waals surface area (Å²) in [5.74, 6) is 1.55. The molecule has 1 unspecified atom stereocenters. The Morgan fingerprint density at radius 1 is 1.03 bits per heavy atom. The Labute approximate surface area is 189 Å². The number of carbonyl (C=O) groups excluding carboxylic acids is 1. The molecule has 2 aromatic rings. The Balaban J connectivity index is 1.76. The molecule has 1 amide bonds. The summed E-state index contributed by atoms with van der Waals surface area (Å²) in [7, 11) is 4.72. The maximum Gasteiger partial charge on any atom is 0.244 e. The van der Waals surface area contributed by atoms with Crippen molar-refractivity contribution in [3.63, 3.8) is 0 Å². The van der Waals surface area contributed by atoms with E-state index in [0.717, 1.165) is 30.8 Å². The van der Waals surface area contributed by atoms with Crippen LogP contribution in [0.25, 0.3) is 6.08 Å². The van der Waals surface area contributed by atoms with Crippen molar-refractivity contribution >= 4 is 12.0 Å². The van der Waals surface area contributed by atoms with Crippen LogP contribution in [-0.2, 0) is 9.53 Å². The maximum atomic E-state index is 12.8. The molecule has 1 atom stereocenters. The smallest absolute Gasteiger partial charge is 0.244 e. The molecule has 0 saturated carbocycles. The van der Waals surface area contributed by atoms with Crippen LogP contribution in [0.4, 0.5) is 0 Å². The summed E-state index contributed by atoms with van der Waals surface area (Å²) < 4.78 is 21.6. The number of amides is 1. The first-order valence-electron chi connectivity index (χ1n) is 10.7. The van der Waals surface area contributed by atoms with Gasteiger partial charge in [0, 0.05) is 37.3 Å². The number of nitrogens with zero attached hydrogens (tertiary/aromatic N) is 1. The first kappa shape index (κ1) is 23.6. The molecule has 7 heteroatoms. The van der Waals surface area contributed by atoms with Gasteiger partial charge in [0.2, 0.25) is 5.91 Å². The number of hydrogen-bond donors (Lipinski definition) is 1. The van der Waals surface area contributed by atoms with Crippen LogP contribution in [0.15, 0.2) is 42.5 Å². The number of aryl methyl sites for hydroxylation is 1. The fourth-order valence-corrected chi connectivity index (χ4v) is 3.64. The lowest BCUT2D eigenvalue weighted by molar-refractivity contribution is -0.117. The second-order valence-corrected chi connectivity index (χ2v) is 7.67. The van der Waals surface area contributed by atoms with Crippen molar-refractivity contribution in [2.24, 2.45) is 0 Å². The Morgan fingerprint density at radius 3 is 2.28 bits per heavy atom. The highest BCUT2D eigenvalue weighted by Gasteiger charge is 2.19. The first-order valence-corrected chi connectivity index (χ1v) is 10.7. The van der Waals surface area contributed by atoms with Gasteiger partial charge in [-0.15, -0.1) is 0 Å². The minimum absolute atomic E-state index is 0.127. The molecule has 7 nitrogen and oxygen atoms in total. The van der Waals surface area contributed by atoms with Gasteiger partial charge in [-0.25, -0.2) is 0 Å². The van der Waals surface area contributed by atoms with Gasteiger partial charge in [-0.3, -0.25) is 9.69 Å². The Bertz CT molecular complexity index is 921. The number of nitrogens with one attached hydrogen (secondary N) is 1. The van der Waals surface area contributed by atoms with Crippen LogP contribution in [0.2, 0.25) is 0 Å². The molecule has 0 aliphatic carbocycles. The minimum Gasteiger partial charge on any atom is -0.496 e. The molecule has 3 rings (SSSR count). The maximum absolute atomic E-state index is 12.8. The fourth-order valence-electron chi connectivity index (χ4n) is 3.64. The van der Waals surface area contributed by atoms with E-state index in [9.17, 15) is 4.79 Å². The molecule has 0 bridgehead atoms. The van der Waals surface area contributed by atoms with Gasteiger partial charge in [-0.1, -0.05) is 29.8 Å². The minimum atomic E-state index is -0.180. The van der Waals surface area contributed by atoms with Crippen molar-refractivity contribution in [1.82, 2.24) is 10.2 Å². The van der Waals surface area contributed by atoms with Crippen LogP contribution in [0.1, 0.15) is 22.7 Å². The van der Waals surface area contributed by atoms with Gasteiger partial charge in [-0.05, 0) is 24.6 Å². The third-order valence-corrected chi connectivity index (χ3v) is 5.49. The predicted octanol–water partition coefficient (Wildman–Crippen LogP) is 3.22. The van der Waals surface area contributed by atoms with Crippen molar-refractivity contribution in [3.05, 3.63) is 59.2 Å². The van der Waals surface area contributed by atoms with Crippen molar-refractivity contribution < 1.29 is 23.7 Å². The molecular formula is C25H32N2O5. The van der Waals surface area contributed by atoms with E-state index in [4.69, 9.17) is 18.9 Å². The second kappa shape index (κ2) is 11.5. The molecular weight excluding hydrogens is 408 g/mol. The number of ether oxygens (including phenoxy) is 4. The zero-order valence-corrected chi connectivity index (χ0v) is 19.2. The standard InChI is InChI=1S/C25H32N2O5/c1-18-5-7-19(8-6-18)21(17-27-11-13-32-14-12-27)26-25(28)10-9-20-15-23(30-3)24(31-4)16-22(20)29-2/h5-10,15-16,21H,11-14,17H2,1-4H3,(H,26,28)/b10-9+. The molecule has 1 fully saturated rings. The number of morpholine rings is 1. The lowest BCUT2D eigenvalue weighted by Gasteiger charge is -2.31. The van der Waals surface area contributed by atoms with Gasteiger partial charge < -0.3 is 24.3 Å². The number of methoxy groups -OCH3 is 3. The largest absolute Gasteiger partial charge is 0.496 e. The normalized spacial score (nSPS) is 15.4. The Hall–Kier alpha value is -3.03. The average Bonchev–Trinajstić information content (AvgIpc) is 2.82. The summed E-state index contributed by atoms with van der Waals surface area (Å²) in [6, 6.07) is 11.7. The van der Waals surface area contributed by atoms with E-state index in [1.165, 1.54) is 11.6 Å². The van der Waals surface area contributed by atoms with Crippen molar-refractivity contribution in [2.75, 3.05) is 54.2 Å². The lowest BCUT2D eigenvalue weighted by Crippen LogP contribution is -2.42. The van der Waals surface area contributed by atoms with Gasteiger partial charge in [0.05, 0.1) is 40.6 Å². The Kier molecular flexibility index (Phi) is 8.53. The van der Waals surface area contributed by atoms with Crippen molar-refractivity contribution in [3.8, 4) is 17.2 Å². The molecule has 32 heavy (non-hydrogen) atoms. The van der Waals surface area contributed by atoms with E-state index >= 15 is 0 Å². The van der Waals surface area contributed by atoms with Gasteiger partial charge in [0.25, 0.3) is 0 Å². The summed E-state index contributed by atoms with van der Waals surface area (Å²) in [6.07, 6.45) is 3.24. The molecule has 2 aromatic carbocycles. The number of rotatable bonds is 9. The van der Waals surface area contributed by atoms with E-state index in [2.05, 4.69) is 41.4 Å². The molecule has 1 heterocycles. The fraction of sp³-hybridized carbons (Fsp3) is 0.400. The summed E-state index contributed by atoms with van der Waals surface area (Å²) in [4.78, 5) is 15.2. The van der Waals surface area contributed by atoms with Gasteiger partial charge in [0.1, 0.15) is 5.75 Å². The second-order valence-electron chi connectivity index (χ2n) is 7.67. The predicted molar refractivity (Wildman–Crippen MR) is 124 cm³/mol. The molecule has 1 saturated heterocycles. The first-order chi connectivity index (χ1) is 15.5. The van der Waals surface area contributed by atoms with E-state index in [-0.39, 0.29) is 11.9 Å². The Morgan fingerprint density at radius 2 is 1.66 bits per heavy atom. The topological polar surface area (TPSA) is 69.3 Å². The molecule has 0 radical (unpaired) electrons. The molecule has 1 aliphatic heterocycles. The van der Waals surface area contributed by atoms with Crippen LogP contribution in [0.3, 0.4) is 0 Å². The number of benzene rings is 2.